The number of carboxylic acids is 1. The van der Waals surface area contributed by atoms with Crippen LogP contribution in [0.4, 0.5) is 10.1 Å². The SMILES string of the molecule is CC.CC.O=C(O)CNc1cc2c(cc1F)COB2O. The molecule has 1 heterocycles. The Morgan fingerprint density at radius 1 is 1.40 bits per heavy atom. The molecule has 0 bridgehead atoms. The molecule has 1 aromatic carbocycles. The number of aliphatic carboxylic acids is 1. The Morgan fingerprint density at radius 2 is 2.00 bits per heavy atom. The van der Waals surface area contributed by atoms with Gasteiger partial charge in [-0.25, -0.2) is 4.39 Å². The molecule has 1 aliphatic heterocycles. The van der Waals surface area contributed by atoms with E-state index in [4.69, 9.17) is 9.76 Å². The van der Waals surface area contributed by atoms with Crippen molar-refractivity contribution in [3.8, 4) is 0 Å². The molecule has 20 heavy (non-hydrogen) atoms. The van der Waals surface area contributed by atoms with Gasteiger partial charge in [-0.3, -0.25) is 4.79 Å². The number of carbonyl (C=O) groups is 1. The van der Waals surface area contributed by atoms with Crippen molar-refractivity contribution < 1.29 is 24.0 Å². The largest absolute Gasteiger partial charge is 0.491 e. The number of fused-ring (bicyclic) bond motifs is 1. The first kappa shape index (κ1) is 18.4. The summed E-state index contributed by atoms with van der Waals surface area (Å²) in [6.45, 7) is 7.78. The Kier molecular flexibility index (Phi) is 8.59. The summed E-state index contributed by atoms with van der Waals surface area (Å²) in [6.07, 6.45) is 0. The lowest BCUT2D eigenvalue weighted by atomic mass is 9.79. The van der Waals surface area contributed by atoms with Crippen molar-refractivity contribution >= 4 is 24.2 Å². The minimum Gasteiger partial charge on any atom is -0.480 e. The number of anilines is 1. The third-order valence-corrected chi connectivity index (χ3v) is 2.32. The summed E-state index contributed by atoms with van der Waals surface area (Å²) >= 11 is 0. The van der Waals surface area contributed by atoms with Crippen LogP contribution in [0.3, 0.4) is 0 Å². The highest BCUT2D eigenvalue weighted by Crippen LogP contribution is 2.18. The molecule has 0 saturated heterocycles. The minimum atomic E-state index is -1.09. The van der Waals surface area contributed by atoms with Gasteiger partial charge in [0.1, 0.15) is 12.4 Å². The van der Waals surface area contributed by atoms with Gasteiger partial charge in [0.05, 0.1) is 12.3 Å². The molecule has 0 radical (unpaired) electrons. The van der Waals surface area contributed by atoms with Gasteiger partial charge in [-0.15, -0.1) is 0 Å². The summed E-state index contributed by atoms with van der Waals surface area (Å²) in [4.78, 5) is 10.3. The average molecular weight is 285 g/mol. The van der Waals surface area contributed by atoms with Crippen molar-refractivity contribution in [2.24, 2.45) is 0 Å². The Balaban J connectivity index is 0.000000829. The lowest BCUT2D eigenvalue weighted by Gasteiger charge is -2.07. The van der Waals surface area contributed by atoms with E-state index in [-0.39, 0.29) is 18.8 Å². The highest BCUT2D eigenvalue weighted by molar-refractivity contribution is 6.61. The summed E-state index contributed by atoms with van der Waals surface area (Å²) in [5, 5.41) is 20.3. The molecule has 2 rings (SSSR count). The first-order valence-electron chi connectivity index (χ1n) is 6.65. The summed E-state index contributed by atoms with van der Waals surface area (Å²) < 4.78 is 18.3. The maximum atomic E-state index is 13.4. The van der Waals surface area contributed by atoms with Crippen LogP contribution < -0.4 is 10.8 Å². The molecule has 0 aromatic heterocycles. The summed E-state index contributed by atoms with van der Waals surface area (Å²) in [7, 11) is -1.07. The van der Waals surface area contributed by atoms with Crippen LogP contribution >= 0.6 is 0 Å². The number of nitrogens with one attached hydrogen (secondary N) is 1. The van der Waals surface area contributed by atoms with E-state index in [0.717, 1.165) is 0 Å². The Morgan fingerprint density at radius 3 is 2.55 bits per heavy atom. The van der Waals surface area contributed by atoms with Crippen molar-refractivity contribution in [1.82, 2.24) is 0 Å². The van der Waals surface area contributed by atoms with Gasteiger partial charge >= 0.3 is 13.1 Å². The Labute approximate surface area is 118 Å². The summed E-state index contributed by atoms with van der Waals surface area (Å²) in [5.41, 5.74) is 1.09. The number of benzene rings is 1. The van der Waals surface area contributed by atoms with Crippen LogP contribution in [0.2, 0.25) is 0 Å². The average Bonchev–Trinajstić information content (AvgIpc) is 2.81. The molecule has 0 atom stereocenters. The van der Waals surface area contributed by atoms with Crippen molar-refractivity contribution in [2.75, 3.05) is 11.9 Å². The van der Waals surface area contributed by atoms with E-state index in [1.807, 2.05) is 27.7 Å². The Bertz CT molecular complexity index is 443. The highest BCUT2D eigenvalue weighted by atomic mass is 19.1. The minimum absolute atomic E-state index is 0.0469. The van der Waals surface area contributed by atoms with Gasteiger partial charge in [0.15, 0.2) is 0 Å². The van der Waals surface area contributed by atoms with Crippen LogP contribution in [0.1, 0.15) is 33.3 Å². The van der Waals surface area contributed by atoms with E-state index in [0.29, 0.717) is 11.0 Å². The quantitative estimate of drug-likeness (QED) is 0.735. The molecule has 0 saturated carbocycles. The van der Waals surface area contributed by atoms with Crippen LogP contribution in [0.5, 0.6) is 0 Å². The summed E-state index contributed by atoms with van der Waals surface area (Å²) in [5.74, 6) is -1.64. The molecule has 112 valence electrons. The van der Waals surface area contributed by atoms with E-state index in [1.54, 1.807) is 0 Å². The molecule has 0 aliphatic carbocycles. The van der Waals surface area contributed by atoms with Crippen molar-refractivity contribution in [1.29, 1.82) is 0 Å². The topological polar surface area (TPSA) is 78.8 Å². The molecule has 3 N–H and O–H groups in total. The molecule has 0 unspecified atom stereocenters. The number of carboxylic acid groups (broad SMARTS) is 1. The zero-order valence-corrected chi connectivity index (χ0v) is 12.2. The maximum absolute atomic E-state index is 13.4. The molecule has 1 aromatic rings. The van der Waals surface area contributed by atoms with E-state index in [9.17, 15) is 14.2 Å². The van der Waals surface area contributed by atoms with Gasteiger partial charge in [0.2, 0.25) is 0 Å². The second kappa shape index (κ2) is 9.33. The lowest BCUT2D eigenvalue weighted by Crippen LogP contribution is -2.29. The first-order chi connectivity index (χ1) is 9.58. The van der Waals surface area contributed by atoms with Gasteiger partial charge < -0.3 is 20.1 Å². The summed E-state index contributed by atoms with van der Waals surface area (Å²) in [6, 6.07) is 2.60. The predicted octanol–water partition coefficient (Wildman–Crippen LogP) is 1.59. The molecular weight excluding hydrogens is 264 g/mol. The second-order valence-corrected chi connectivity index (χ2v) is 3.44. The second-order valence-electron chi connectivity index (χ2n) is 3.44. The maximum Gasteiger partial charge on any atom is 0.491 e. The van der Waals surface area contributed by atoms with Crippen LogP contribution in [0, 0.1) is 5.82 Å². The number of halogens is 1. The van der Waals surface area contributed by atoms with Crippen molar-refractivity contribution in [2.45, 2.75) is 34.3 Å². The van der Waals surface area contributed by atoms with Crippen molar-refractivity contribution in [3.63, 3.8) is 0 Å². The Hall–Kier alpha value is -1.60. The van der Waals surface area contributed by atoms with Gasteiger partial charge in [0, 0.05) is 0 Å². The molecular formula is C13H21BFNO4. The molecule has 0 spiro atoms. The fourth-order valence-corrected chi connectivity index (χ4v) is 1.55. The van der Waals surface area contributed by atoms with Crippen LogP contribution in [-0.4, -0.2) is 29.8 Å². The van der Waals surface area contributed by atoms with Gasteiger partial charge in [-0.2, -0.15) is 0 Å². The monoisotopic (exact) mass is 285 g/mol. The van der Waals surface area contributed by atoms with E-state index >= 15 is 0 Å². The van der Waals surface area contributed by atoms with Gasteiger partial charge in [0.25, 0.3) is 0 Å². The third-order valence-electron chi connectivity index (χ3n) is 2.32. The van der Waals surface area contributed by atoms with E-state index < -0.39 is 18.9 Å². The third kappa shape index (κ3) is 4.83. The standard InChI is InChI=1S/C9H9BFNO4.2C2H6/c11-7-1-5-4-16-10(15)6(5)2-8(7)12-3-9(13)14;2*1-2/h1-2,12,15H,3-4H2,(H,13,14);2*1-2H3. The van der Waals surface area contributed by atoms with E-state index in [1.165, 1.54) is 12.1 Å². The van der Waals surface area contributed by atoms with Crippen LogP contribution in [-0.2, 0) is 16.1 Å². The number of hydrogen-bond acceptors (Lipinski definition) is 4. The first-order valence-corrected chi connectivity index (χ1v) is 6.65. The van der Waals surface area contributed by atoms with Gasteiger partial charge in [-0.1, -0.05) is 27.7 Å². The molecule has 0 fully saturated rings. The lowest BCUT2D eigenvalue weighted by molar-refractivity contribution is -0.134. The zero-order chi connectivity index (χ0) is 15.7. The highest BCUT2D eigenvalue weighted by Gasteiger charge is 2.28. The van der Waals surface area contributed by atoms with Crippen LogP contribution in [0.15, 0.2) is 12.1 Å². The molecule has 1 aliphatic rings. The molecule has 7 heteroatoms. The molecule has 5 nitrogen and oxygen atoms in total. The number of rotatable bonds is 3. The number of hydrogen-bond donors (Lipinski definition) is 3. The van der Waals surface area contributed by atoms with E-state index in [2.05, 4.69) is 5.32 Å². The fourth-order valence-electron chi connectivity index (χ4n) is 1.55. The van der Waals surface area contributed by atoms with Crippen LogP contribution in [0.25, 0.3) is 0 Å². The smallest absolute Gasteiger partial charge is 0.480 e. The van der Waals surface area contributed by atoms with Gasteiger partial charge in [-0.05, 0) is 23.2 Å². The molecule has 0 amide bonds. The van der Waals surface area contributed by atoms with Crippen molar-refractivity contribution in [3.05, 3.63) is 23.5 Å². The fraction of sp³-hybridized carbons (Fsp3) is 0.462. The zero-order valence-electron chi connectivity index (χ0n) is 12.2. The normalized spacial score (nSPS) is 11.6. The predicted molar refractivity (Wildman–Crippen MR) is 77.6 cm³/mol.